The SMILES string of the molecule is CCC[N+](C)(CC)CC.CCOCCOCCC(=O)[O-]. The Bertz CT molecular complexity index is 218. The maximum Gasteiger partial charge on any atom is 0.0781 e. The highest BCUT2D eigenvalue weighted by atomic mass is 16.5. The third-order valence-electron chi connectivity index (χ3n) is 3.32. The number of rotatable bonds is 11. The Hall–Kier alpha value is -0.650. The van der Waals surface area contributed by atoms with Crippen molar-refractivity contribution in [2.75, 3.05) is 53.1 Å². The summed E-state index contributed by atoms with van der Waals surface area (Å²) in [5.74, 6) is -1.08. The van der Waals surface area contributed by atoms with E-state index in [1.807, 2.05) is 6.92 Å². The molecule has 122 valence electrons. The van der Waals surface area contributed by atoms with Crippen molar-refractivity contribution in [1.82, 2.24) is 0 Å². The zero-order valence-corrected chi connectivity index (χ0v) is 13.9. The second-order valence-electron chi connectivity index (χ2n) is 4.91. The molecule has 5 heteroatoms. The summed E-state index contributed by atoms with van der Waals surface area (Å²) < 4.78 is 11.1. The zero-order chi connectivity index (χ0) is 15.9. The molecule has 0 aromatic heterocycles. The van der Waals surface area contributed by atoms with Crippen LogP contribution in [0.5, 0.6) is 0 Å². The molecule has 0 aliphatic carbocycles. The van der Waals surface area contributed by atoms with Crippen LogP contribution in [0.15, 0.2) is 0 Å². The predicted octanol–water partition coefficient (Wildman–Crippen LogP) is 1.06. The van der Waals surface area contributed by atoms with Gasteiger partial charge in [0, 0.05) is 19.0 Å². The number of carbonyl (C=O) groups excluding carboxylic acids is 1. The number of carboxylic acid groups (broad SMARTS) is 1. The molecule has 0 saturated heterocycles. The summed E-state index contributed by atoms with van der Waals surface area (Å²) in [4.78, 5) is 9.87. The molecule has 0 N–H and O–H groups in total. The van der Waals surface area contributed by atoms with Gasteiger partial charge in [-0.1, -0.05) is 6.92 Å². The minimum atomic E-state index is -1.08. The Morgan fingerprint density at radius 1 is 1.00 bits per heavy atom. The van der Waals surface area contributed by atoms with Gasteiger partial charge >= 0.3 is 0 Å². The van der Waals surface area contributed by atoms with E-state index < -0.39 is 5.97 Å². The van der Waals surface area contributed by atoms with Crippen molar-refractivity contribution in [2.45, 2.75) is 40.5 Å². The number of quaternary nitrogens is 1. The Morgan fingerprint density at radius 2 is 1.55 bits per heavy atom. The lowest BCUT2D eigenvalue weighted by atomic mass is 10.3. The molecule has 0 rings (SSSR count). The fraction of sp³-hybridized carbons (Fsp3) is 0.933. The molecule has 0 aromatic carbocycles. The summed E-state index contributed by atoms with van der Waals surface area (Å²) >= 11 is 0. The molecule has 0 saturated carbocycles. The number of carbonyl (C=O) groups is 1. The predicted molar refractivity (Wildman–Crippen MR) is 79.4 cm³/mol. The molecule has 0 radical (unpaired) electrons. The fourth-order valence-electron chi connectivity index (χ4n) is 1.60. The smallest absolute Gasteiger partial charge is 0.0781 e. The summed E-state index contributed by atoms with van der Waals surface area (Å²) in [6.07, 6.45) is 1.25. The highest BCUT2D eigenvalue weighted by Crippen LogP contribution is 2.01. The van der Waals surface area contributed by atoms with Crippen LogP contribution in [-0.4, -0.2) is 63.6 Å². The van der Waals surface area contributed by atoms with Gasteiger partial charge in [0.2, 0.25) is 0 Å². The van der Waals surface area contributed by atoms with E-state index >= 15 is 0 Å². The van der Waals surface area contributed by atoms with Crippen LogP contribution in [0.2, 0.25) is 0 Å². The van der Waals surface area contributed by atoms with Crippen molar-refractivity contribution in [3.8, 4) is 0 Å². The molecule has 0 amide bonds. The fourth-order valence-corrected chi connectivity index (χ4v) is 1.60. The Labute approximate surface area is 124 Å². The van der Waals surface area contributed by atoms with Crippen molar-refractivity contribution in [3.05, 3.63) is 0 Å². The summed E-state index contributed by atoms with van der Waals surface area (Å²) in [5, 5.41) is 9.87. The number of ether oxygens (including phenoxy) is 2. The third kappa shape index (κ3) is 15.4. The van der Waals surface area contributed by atoms with Gasteiger partial charge in [0.25, 0.3) is 0 Å². The molecule has 0 aliphatic rings. The van der Waals surface area contributed by atoms with Gasteiger partial charge < -0.3 is 23.9 Å². The minimum absolute atomic E-state index is 0.0495. The number of nitrogens with zero attached hydrogens (tertiary/aromatic N) is 1. The molecular formula is C15H33NO4. The van der Waals surface area contributed by atoms with Crippen molar-refractivity contribution < 1.29 is 23.9 Å². The average molecular weight is 291 g/mol. The van der Waals surface area contributed by atoms with Crippen molar-refractivity contribution in [1.29, 1.82) is 0 Å². The molecule has 0 fully saturated rings. The zero-order valence-electron chi connectivity index (χ0n) is 13.9. The number of hydrogen-bond acceptors (Lipinski definition) is 4. The summed E-state index contributed by atoms with van der Waals surface area (Å²) in [7, 11) is 2.32. The molecular weight excluding hydrogens is 258 g/mol. The third-order valence-corrected chi connectivity index (χ3v) is 3.32. The highest BCUT2D eigenvalue weighted by Gasteiger charge is 2.13. The normalized spacial score (nSPS) is 10.8. The van der Waals surface area contributed by atoms with E-state index in [1.165, 1.54) is 30.5 Å². The van der Waals surface area contributed by atoms with Gasteiger partial charge in [0.05, 0.1) is 46.5 Å². The first-order chi connectivity index (χ1) is 9.45. The van der Waals surface area contributed by atoms with Crippen LogP contribution in [0.3, 0.4) is 0 Å². The van der Waals surface area contributed by atoms with Gasteiger partial charge in [-0.05, 0) is 27.2 Å². The van der Waals surface area contributed by atoms with E-state index in [9.17, 15) is 9.90 Å². The van der Waals surface area contributed by atoms with E-state index in [1.54, 1.807) is 0 Å². The highest BCUT2D eigenvalue weighted by molar-refractivity contribution is 5.64. The Morgan fingerprint density at radius 3 is 1.90 bits per heavy atom. The first kappa shape index (κ1) is 21.6. The van der Waals surface area contributed by atoms with E-state index in [0.29, 0.717) is 19.8 Å². The molecule has 5 nitrogen and oxygen atoms in total. The maximum atomic E-state index is 9.87. The lowest BCUT2D eigenvalue weighted by Crippen LogP contribution is -2.43. The van der Waals surface area contributed by atoms with Gasteiger partial charge in [-0.3, -0.25) is 0 Å². The van der Waals surface area contributed by atoms with Crippen molar-refractivity contribution in [3.63, 3.8) is 0 Å². The molecule has 0 atom stereocenters. The van der Waals surface area contributed by atoms with E-state index in [2.05, 4.69) is 27.8 Å². The summed E-state index contributed by atoms with van der Waals surface area (Å²) in [6.45, 7) is 14.4. The van der Waals surface area contributed by atoms with Crippen LogP contribution in [-0.2, 0) is 14.3 Å². The average Bonchev–Trinajstić information content (AvgIpc) is 2.43. The van der Waals surface area contributed by atoms with Gasteiger partial charge in [-0.15, -0.1) is 0 Å². The first-order valence-corrected chi connectivity index (χ1v) is 7.64. The molecule has 20 heavy (non-hydrogen) atoms. The minimum Gasteiger partial charge on any atom is -0.550 e. The topological polar surface area (TPSA) is 58.6 Å². The Kier molecular flexibility index (Phi) is 16.0. The monoisotopic (exact) mass is 291 g/mol. The number of hydrogen-bond donors (Lipinski definition) is 0. The summed E-state index contributed by atoms with van der Waals surface area (Å²) in [5.41, 5.74) is 0. The van der Waals surface area contributed by atoms with Crippen LogP contribution in [0.4, 0.5) is 0 Å². The molecule has 0 spiro atoms. The largest absolute Gasteiger partial charge is 0.550 e. The second kappa shape index (κ2) is 14.8. The molecule has 0 bridgehead atoms. The van der Waals surface area contributed by atoms with Crippen LogP contribution in [0.25, 0.3) is 0 Å². The first-order valence-electron chi connectivity index (χ1n) is 7.64. The number of aliphatic carboxylic acids is 1. The quantitative estimate of drug-likeness (QED) is 0.422. The van der Waals surface area contributed by atoms with E-state index in [-0.39, 0.29) is 13.0 Å². The van der Waals surface area contributed by atoms with Gasteiger partial charge in [-0.2, -0.15) is 0 Å². The molecule has 0 aromatic rings. The maximum absolute atomic E-state index is 9.87. The second-order valence-corrected chi connectivity index (χ2v) is 4.91. The van der Waals surface area contributed by atoms with Gasteiger partial charge in [0.1, 0.15) is 0 Å². The lowest BCUT2D eigenvalue weighted by molar-refractivity contribution is -0.906. The van der Waals surface area contributed by atoms with Crippen LogP contribution >= 0.6 is 0 Å². The van der Waals surface area contributed by atoms with Crippen LogP contribution in [0.1, 0.15) is 40.5 Å². The lowest BCUT2D eigenvalue weighted by Gasteiger charge is -2.31. The summed E-state index contributed by atoms with van der Waals surface area (Å²) in [6, 6.07) is 0. The molecule has 0 unspecified atom stereocenters. The Balaban J connectivity index is 0. The number of carboxylic acids is 1. The van der Waals surface area contributed by atoms with E-state index in [0.717, 1.165) is 0 Å². The van der Waals surface area contributed by atoms with Crippen LogP contribution in [0, 0.1) is 0 Å². The van der Waals surface area contributed by atoms with Crippen LogP contribution < -0.4 is 5.11 Å². The van der Waals surface area contributed by atoms with Gasteiger partial charge in [-0.25, -0.2) is 0 Å². The van der Waals surface area contributed by atoms with Crippen molar-refractivity contribution in [2.24, 2.45) is 0 Å². The molecule has 0 heterocycles. The van der Waals surface area contributed by atoms with E-state index in [4.69, 9.17) is 9.47 Å². The van der Waals surface area contributed by atoms with Gasteiger partial charge in [0.15, 0.2) is 0 Å². The van der Waals surface area contributed by atoms with Crippen molar-refractivity contribution >= 4 is 5.97 Å². The standard InChI is InChI=1S/C8H20N.C7H14O4/c1-5-8-9(4,6-2)7-3;1-2-10-5-6-11-4-3-7(8)9/h5-8H2,1-4H3;2-6H2,1H3,(H,8,9)/q+1;/p-1. The molecule has 0 aliphatic heterocycles.